The predicted octanol–water partition coefficient (Wildman–Crippen LogP) is 2.51. The molecule has 0 aromatic heterocycles. The Balaban J connectivity index is 2.01. The number of ether oxygens (including phenoxy) is 3. The Morgan fingerprint density at radius 3 is 2.39 bits per heavy atom. The summed E-state index contributed by atoms with van der Waals surface area (Å²) in [6.45, 7) is 13.0. The minimum Gasteiger partial charge on any atom is -0.458 e. The van der Waals surface area contributed by atoms with Crippen molar-refractivity contribution in [3.8, 4) is 0 Å². The summed E-state index contributed by atoms with van der Waals surface area (Å²) in [5.41, 5.74) is -1.47. The Hall–Kier alpha value is -3.33. The highest BCUT2D eigenvalue weighted by Crippen LogP contribution is 2.62. The monoisotopic (exact) mass is 525 g/mol. The number of esters is 2. The van der Waals surface area contributed by atoms with Crippen LogP contribution < -0.4 is 0 Å². The number of allylic oxidation sites excluding steroid dienone is 1. The lowest BCUT2D eigenvalue weighted by Gasteiger charge is -2.55. The number of hydrogen-bond donors (Lipinski definition) is 0. The fourth-order valence-electron chi connectivity index (χ4n) is 7.01. The van der Waals surface area contributed by atoms with Crippen LogP contribution in [0.15, 0.2) is 48.2 Å². The van der Waals surface area contributed by atoms with Crippen LogP contribution in [0, 0.1) is 22.7 Å². The fraction of sp³-hybridized carbons (Fsp3) is 0.552. The molecule has 4 rings (SSSR count). The van der Waals surface area contributed by atoms with Crippen LogP contribution in [0.25, 0.3) is 0 Å². The Kier molecular flexibility index (Phi) is 7.36. The van der Waals surface area contributed by atoms with Gasteiger partial charge in [-0.1, -0.05) is 26.0 Å². The normalized spacial score (nSPS) is 35.3. The van der Waals surface area contributed by atoms with Crippen molar-refractivity contribution in [2.24, 2.45) is 22.7 Å². The second-order valence-electron chi connectivity index (χ2n) is 10.9. The van der Waals surface area contributed by atoms with Crippen molar-refractivity contribution in [2.75, 3.05) is 26.8 Å². The van der Waals surface area contributed by atoms with E-state index in [0.717, 1.165) is 0 Å². The molecule has 2 fully saturated rings. The smallest absolute Gasteiger partial charge is 0.336 e. The van der Waals surface area contributed by atoms with Gasteiger partial charge in [-0.2, -0.15) is 0 Å². The van der Waals surface area contributed by atoms with Crippen molar-refractivity contribution in [3.05, 3.63) is 48.2 Å². The number of Topliss-reactive ketones (excluding diaryl/α,β-unsaturated/α-hetero) is 3. The van der Waals surface area contributed by atoms with Crippen molar-refractivity contribution >= 4 is 29.3 Å². The number of fused-ring (bicyclic) bond motifs is 4. The average molecular weight is 526 g/mol. The molecular formula is C29H35NO8. The van der Waals surface area contributed by atoms with Crippen LogP contribution in [-0.4, -0.2) is 73.2 Å². The molecule has 1 saturated carbocycles. The molecule has 1 heterocycles. The minimum absolute atomic E-state index is 0.0210. The Morgan fingerprint density at radius 2 is 1.82 bits per heavy atom. The number of nitrogens with zero attached hydrogens (tertiary/aromatic N) is 1. The maximum absolute atomic E-state index is 14.0. The first-order valence-electron chi connectivity index (χ1n) is 12.9. The van der Waals surface area contributed by atoms with Gasteiger partial charge in [0.05, 0.1) is 18.1 Å². The van der Waals surface area contributed by atoms with Crippen molar-refractivity contribution in [1.82, 2.24) is 4.90 Å². The molecule has 0 spiro atoms. The maximum Gasteiger partial charge on any atom is 0.336 e. The van der Waals surface area contributed by atoms with Gasteiger partial charge in [0.15, 0.2) is 0 Å². The summed E-state index contributed by atoms with van der Waals surface area (Å²) in [5, 5.41) is 0. The first-order valence-corrected chi connectivity index (χ1v) is 12.9. The van der Waals surface area contributed by atoms with Crippen LogP contribution in [-0.2, 0) is 38.2 Å². The predicted molar refractivity (Wildman–Crippen MR) is 136 cm³/mol. The molecule has 1 saturated heterocycles. The molecule has 0 N–H and O–H groups in total. The van der Waals surface area contributed by atoms with Crippen LogP contribution in [0.4, 0.5) is 0 Å². The van der Waals surface area contributed by atoms with E-state index in [-0.39, 0.29) is 36.4 Å². The number of rotatable bonds is 8. The number of methoxy groups -OCH3 is 1. The third-order valence-electron chi connectivity index (χ3n) is 8.69. The molecule has 38 heavy (non-hydrogen) atoms. The zero-order valence-corrected chi connectivity index (χ0v) is 22.4. The summed E-state index contributed by atoms with van der Waals surface area (Å²) in [6.07, 6.45) is 3.82. The fourth-order valence-corrected chi connectivity index (χ4v) is 7.01. The standard InChI is InChI=1S/C29H35NO8/c1-7-11-30(12-8-2)14-17-23-26(34)25(33)22-18-9-10-20(32)28(18,4)13-19(37-16(3)31)24(22)29(23,5)21(15-36-6)38-27(17)35/h7-8,14,18-19,21,23H,1-2,9-13,15H2,3-6H3/b17-14+/t18-,19+,21+,23-,28-,29-/m0/s1. The first kappa shape index (κ1) is 27.7. The van der Waals surface area contributed by atoms with Crippen LogP contribution in [0.5, 0.6) is 0 Å². The van der Waals surface area contributed by atoms with E-state index in [0.29, 0.717) is 25.1 Å². The van der Waals surface area contributed by atoms with Gasteiger partial charge in [0.2, 0.25) is 11.6 Å². The summed E-state index contributed by atoms with van der Waals surface area (Å²) in [4.78, 5) is 68.3. The molecule has 204 valence electrons. The van der Waals surface area contributed by atoms with Gasteiger partial charge in [0, 0.05) is 68.5 Å². The molecule has 3 aliphatic carbocycles. The molecule has 0 aromatic carbocycles. The molecule has 0 unspecified atom stereocenters. The highest BCUT2D eigenvalue weighted by molar-refractivity contribution is 6.47. The van der Waals surface area contributed by atoms with Gasteiger partial charge >= 0.3 is 11.9 Å². The molecule has 6 atom stereocenters. The average Bonchev–Trinajstić information content (AvgIpc) is 3.13. The topological polar surface area (TPSA) is 116 Å². The Labute approximate surface area is 222 Å². The molecule has 0 aromatic rings. The molecule has 4 aliphatic rings. The lowest BCUT2D eigenvalue weighted by atomic mass is 9.50. The molecule has 1 aliphatic heterocycles. The molecule has 9 heteroatoms. The van der Waals surface area contributed by atoms with E-state index in [2.05, 4.69) is 13.2 Å². The van der Waals surface area contributed by atoms with E-state index >= 15 is 0 Å². The van der Waals surface area contributed by atoms with E-state index in [1.54, 1.807) is 30.9 Å². The Bertz CT molecular complexity index is 1170. The van der Waals surface area contributed by atoms with Crippen LogP contribution >= 0.6 is 0 Å². The SMILES string of the molecule is C=CCN(/C=C1/C(=O)O[C@H](COC)[C@]2(C)C3=C(C(=O)C(=O)[C@H]12)[C@@H]1CCC(=O)[C@@]1(C)C[C@H]3OC(C)=O)CC=C. The van der Waals surface area contributed by atoms with Crippen LogP contribution in [0.3, 0.4) is 0 Å². The van der Waals surface area contributed by atoms with Crippen molar-refractivity contribution in [2.45, 2.75) is 52.2 Å². The number of cyclic esters (lactones) is 1. The molecule has 0 amide bonds. The van der Waals surface area contributed by atoms with E-state index in [1.807, 2.05) is 0 Å². The van der Waals surface area contributed by atoms with Crippen molar-refractivity contribution in [1.29, 1.82) is 0 Å². The van der Waals surface area contributed by atoms with Gasteiger partial charge in [0.25, 0.3) is 0 Å². The zero-order chi connectivity index (χ0) is 28.0. The minimum atomic E-state index is -1.25. The summed E-state index contributed by atoms with van der Waals surface area (Å²) < 4.78 is 17.1. The zero-order valence-electron chi connectivity index (χ0n) is 22.4. The van der Waals surface area contributed by atoms with E-state index in [9.17, 15) is 24.0 Å². The van der Waals surface area contributed by atoms with Crippen LogP contribution in [0.2, 0.25) is 0 Å². The molecule has 0 radical (unpaired) electrons. The third kappa shape index (κ3) is 4.08. The Morgan fingerprint density at radius 1 is 1.16 bits per heavy atom. The van der Waals surface area contributed by atoms with Crippen molar-refractivity contribution < 1.29 is 38.2 Å². The van der Waals surface area contributed by atoms with Gasteiger partial charge in [0.1, 0.15) is 18.0 Å². The maximum atomic E-state index is 14.0. The molecule has 0 bridgehead atoms. The number of carbonyl (C=O) groups is 5. The van der Waals surface area contributed by atoms with Gasteiger partial charge in [-0.25, -0.2) is 4.79 Å². The van der Waals surface area contributed by atoms with Crippen LogP contribution in [0.1, 0.15) is 40.0 Å². The number of ketones is 3. The molecule has 9 nitrogen and oxygen atoms in total. The summed E-state index contributed by atoms with van der Waals surface area (Å²) in [6, 6.07) is 0. The van der Waals surface area contributed by atoms with Gasteiger partial charge in [-0.05, 0) is 12.0 Å². The summed E-state index contributed by atoms with van der Waals surface area (Å²) >= 11 is 0. The van der Waals surface area contributed by atoms with Gasteiger partial charge in [-0.3, -0.25) is 19.2 Å². The first-order chi connectivity index (χ1) is 17.9. The second-order valence-corrected chi connectivity index (χ2v) is 10.9. The number of carbonyl (C=O) groups excluding carboxylic acids is 5. The van der Waals surface area contributed by atoms with Crippen molar-refractivity contribution in [3.63, 3.8) is 0 Å². The summed E-state index contributed by atoms with van der Waals surface area (Å²) in [5.74, 6) is -4.47. The highest BCUT2D eigenvalue weighted by Gasteiger charge is 2.67. The summed E-state index contributed by atoms with van der Waals surface area (Å²) in [7, 11) is 1.45. The molecular weight excluding hydrogens is 490 g/mol. The largest absolute Gasteiger partial charge is 0.458 e. The van der Waals surface area contributed by atoms with Gasteiger partial charge < -0.3 is 19.1 Å². The van der Waals surface area contributed by atoms with E-state index in [1.165, 1.54) is 20.2 Å². The number of hydrogen-bond acceptors (Lipinski definition) is 9. The third-order valence-corrected chi connectivity index (χ3v) is 8.69. The van der Waals surface area contributed by atoms with E-state index in [4.69, 9.17) is 14.2 Å². The lowest BCUT2D eigenvalue weighted by molar-refractivity contribution is -0.174. The lowest BCUT2D eigenvalue weighted by Crippen LogP contribution is -2.62. The quantitative estimate of drug-likeness (QED) is 0.204. The van der Waals surface area contributed by atoms with E-state index < -0.39 is 58.4 Å². The van der Waals surface area contributed by atoms with Gasteiger partial charge in [-0.15, -0.1) is 13.2 Å². The second kappa shape index (κ2) is 10.1. The highest BCUT2D eigenvalue weighted by atomic mass is 16.6.